The highest BCUT2D eigenvalue weighted by Gasteiger charge is 2.33. The minimum Gasteiger partial charge on any atom is -0.438 e. The van der Waals surface area contributed by atoms with Crippen LogP contribution in [0.2, 0.25) is 0 Å². The highest BCUT2D eigenvalue weighted by atomic mass is 32.2. The fourth-order valence-corrected chi connectivity index (χ4v) is 4.67. The maximum atomic E-state index is 13.2. The molecule has 0 atom stereocenters. The van der Waals surface area contributed by atoms with Crippen LogP contribution in [0.3, 0.4) is 0 Å². The van der Waals surface area contributed by atoms with Crippen LogP contribution < -0.4 is 5.32 Å². The van der Waals surface area contributed by atoms with E-state index in [4.69, 9.17) is 4.42 Å². The van der Waals surface area contributed by atoms with Crippen LogP contribution in [0.5, 0.6) is 0 Å². The van der Waals surface area contributed by atoms with Crippen LogP contribution in [0.15, 0.2) is 58.3 Å². The van der Waals surface area contributed by atoms with E-state index in [-0.39, 0.29) is 17.1 Å². The fourth-order valence-electron chi connectivity index (χ4n) is 3.24. The van der Waals surface area contributed by atoms with E-state index in [1.807, 2.05) is 0 Å². The van der Waals surface area contributed by atoms with Crippen LogP contribution in [-0.4, -0.2) is 41.5 Å². The lowest BCUT2D eigenvalue weighted by Gasteiger charge is -2.14. The summed E-state index contributed by atoms with van der Waals surface area (Å²) in [7, 11) is -3.87. The molecule has 12 heteroatoms. The number of benzene rings is 1. The van der Waals surface area contributed by atoms with Crippen molar-refractivity contribution in [3.8, 4) is 5.69 Å². The SMILES string of the molecule is O=C(Nc1cc(C(F)(F)F)ccc1-n1cccn1)c1ccc(S(=O)(=O)N2CCCC2)o1. The third kappa shape index (κ3) is 4.21. The summed E-state index contributed by atoms with van der Waals surface area (Å²) in [6.07, 6.45) is -0.209. The Morgan fingerprint density at radius 1 is 1.13 bits per heavy atom. The van der Waals surface area contributed by atoms with Crippen molar-refractivity contribution in [2.24, 2.45) is 0 Å². The third-order valence-corrected chi connectivity index (χ3v) is 6.56. The smallest absolute Gasteiger partial charge is 0.416 e. The maximum absolute atomic E-state index is 13.2. The van der Waals surface area contributed by atoms with Crippen molar-refractivity contribution < 1.29 is 30.8 Å². The van der Waals surface area contributed by atoms with E-state index in [1.54, 1.807) is 6.07 Å². The largest absolute Gasteiger partial charge is 0.438 e. The van der Waals surface area contributed by atoms with Gasteiger partial charge in [-0.15, -0.1) is 0 Å². The number of nitrogens with one attached hydrogen (secondary N) is 1. The number of aromatic nitrogens is 2. The van der Waals surface area contributed by atoms with Gasteiger partial charge in [0, 0.05) is 25.5 Å². The zero-order valence-corrected chi connectivity index (χ0v) is 16.8. The lowest BCUT2D eigenvalue weighted by Crippen LogP contribution is -2.27. The molecule has 1 amide bonds. The van der Waals surface area contributed by atoms with Crippen LogP contribution in [0.4, 0.5) is 18.9 Å². The molecule has 0 spiro atoms. The van der Waals surface area contributed by atoms with Crippen LogP contribution in [0.1, 0.15) is 29.0 Å². The molecule has 1 aliphatic rings. The summed E-state index contributed by atoms with van der Waals surface area (Å²) in [5.41, 5.74) is -0.929. The number of hydrogen-bond acceptors (Lipinski definition) is 5. The fraction of sp³-hybridized carbons (Fsp3) is 0.263. The average Bonchev–Trinajstić information content (AvgIpc) is 3.50. The summed E-state index contributed by atoms with van der Waals surface area (Å²) in [5, 5.41) is 5.94. The van der Waals surface area contributed by atoms with Crippen molar-refractivity contribution in [1.82, 2.24) is 14.1 Å². The molecule has 0 aliphatic carbocycles. The number of rotatable bonds is 5. The van der Waals surface area contributed by atoms with E-state index in [0.29, 0.717) is 13.1 Å². The van der Waals surface area contributed by atoms with Gasteiger partial charge in [0.25, 0.3) is 15.9 Å². The molecule has 8 nitrogen and oxygen atoms in total. The van der Waals surface area contributed by atoms with Gasteiger partial charge in [0.05, 0.1) is 16.9 Å². The number of furan rings is 1. The van der Waals surface area contributed by atoms with Gasteiger partial charge < -0.3 is 9.73 Å². The standard InChI is InChI=1S/C19H17F3N4O4S/c20-19(21,22)13-4-5-15(26-11-3-8-23-26)14(12-13)24-18(27)16-6-7-17(30-16)31(28,29)25-9-1-2-10-25/h3-8,11-12H,1-2,9-10H2,(H,24,27). The summed E-state index contributed by atoms with van der Waals surface area (Å²) in [4.78, 5) is 12.6. The summed E-state index contributed by atoms with van der Waals surface area (Å²) >= 11 is 0. The number of alkyl halides is 3. The molecule has 0 bridgehead atoms. The van der Waals surface area contributed by atoms with Crippen molar-refractivity contribution in [3.63, 3.8) is 0 Å². The first-order valence-corrected chi connectivity index (χ1v) is 10.7. The second-order valence-corrected chi connectivity index (χ2v) is 8.73. The predicted octanol–water partition coefficient (Wildman–Crippen LogP) is 3.52. The van der Waals surface area contributed by atoms with Crippen LogP contribution in [0, 0.1) is 0 Å². The Hall–Kier alpha value is -3.12. The molecule has 0 unspecified atom stereocenters. The number of nitrogens with zero attached hydrogens (tertiary/aromatic N) is 3. The molecule has 0 saturated carbocycles. The molecule has 2 aromatic heterocycles. The molecule has 31 heavy (non-hydrogen) atoms. The Kier molecular flexibility index (Phi) is 5.35. The number of hydrogen-bond donors (Lipinski definition) is 1. The van der Waals surface area contributed by atoms with Gasteiger partial charge in [0.1, 0.15) is 0 Å². The summed E-state index contributed by atoms with van der Waals surface area (Å²) in [5.74, 6) is -1.24. The number of carbonyl (C=O) groups excluding carboxylic acids is 1. The van der Waals surface area contributed by atoms with Crippen LogP contribution >= 0.6 is 0 Å². The quantitative estimate of drug-likeness (QED) is 0.636. The van der Waals surface area contributed by atoms with Crippen molar-refractivity contribution >= 4 is 21.6 Å². The molecule has 1 aromatic carbocycles. The van der Waals surface area contributed by atoms with Crippen molar-refractivity contribution in [3.05, 3.63) is 60.1 Å². The Morgan fingerprint density at radius 2 is 1.87 bits per heavy atom. The van der Waals surface area contributed by atoms with E-state index >= 15 is 0 Å². The van der Waals surface area contributed by atoms with Gasteiger partial charge in [-0.05, 0) is 49.2 Å². The van der Waals surface area contributed by atoms with Gasteiger partial charge in [-0.3, -0.25) is 4.79 Å². The minimum atomic E-state index is -4.62. The van der Waals surface area contributed by atoms with Gasteiger partial charge in [-0.25, -0.2) is 13.1 Å². The van der Waals surface area contributed by atoms with E-state index < -0.39 is 32.8 Å². The minimum absolute atomic E-state index is 0.163. The molecule has 1 fully saturated rings. The Balaban J connectivity index is 1.63. The van der Waals surface area contributed by atoms with Crippen molar-refractivity contribution in [2.75, 3.05) is 18.4 Å². The van der Waals surface area contributed by atoms with Crippen molar-refractivity contribution in [2.45, 2.75) is 24.1 Å². The number of sulfonamides is 1. The Morgan fingerprint density at radius 3 is 2.52 bits per heavy atom. The van der Waals surface area contributed by atoms with Gasteiger partial charge in [-0.1, -0.05) is 0 Å². The van der Waals surface area contributed by atoms with E-state index in [0.717, 1.165) is 31.0 Å². The lowest BCUT2D eigenvalue weighted by atomic mass is 10.1. The summed E-state index contributed by atoms with van der Waals surface area (Å²) in [6, 6.07) is 6.73. The molecule has 164 valence electrons. The van der Waals surface area contributed by atoms with Gasteiger partial charge in [0.15, 0.2) is 5.76 Å². The molecule has 3 heterocycles. The van der Waals surface area contributed by atoms with Crippen molar-refractivity contribution in [1.29, 1.82) is 0 Å². The summed E-state index contributed by atoms with van der Waals surface area (Å²) < 4.78 is 72.4. The molecule has 3 aromatic rings. The third-order valence-electron chi connectivity index (χ3n) is 4.79. The van der Waals surface area contributed by atoms with Crippen LogP contribution in [-0.2, 0) is 16.2 Å². The molecular formula is C19H17F3N4O4S. The predicted molar refractivity (Wildman–Crippen MR) is 103 cm³/mol. The molecule has 0 radical (unpaired) electrons. The Labute approximate surface area is 175 Å². The molecule has 4 rings (SSSR count). The molecular weight excluding hydrogens is 437 g/mol. The van der Waals surface area contributed by atoms with Crippen LogP contribution in [0.25, 0.3) is 5.69 Å². The normalized spacial score (nSPS) is 15.3. The molecule has 1 N–H and O–H groups in total. The van der Waals surface area contributed by atoms with Gasteiger partial charge in [-0.2, -0.15) is 22.6 Å². The Bertz CT molecular complexity index is 1200. The highest BCUT2D eigenvalue weighted by molar-refractivity contribution is 7.89. The number of amides is 1. The highest BCUT2D eigenvalue weighted by Crippen LogP contribution is 2.33. The molecule has 1 saturated heterocycles. The van der Waals surface area contributed by atoms with E-state index in [2.05, 4.69) is 10.4 Å². The summed E-state index contributed by atoms with van der Waals surface area (Å²) in [6.45, 7) is 0.726. The first kappa shape index (κ1) is 21.1. The number of halogens is 3. The van der Waals surface area contributed by atoms with Gasteiger partial charge in [0.2, 0.25) is 5.09 Å². The van der Waals surface area contributed by atoms with Gasteiger partial charge >= 0.3 is 6.18 Å². The number of anilines is 1. The molecule has 1 aliphatic heterocycles. The van der Waals surface area contributed by atoms with E-state index in [1.165, 1.54) is 33.5 Å². The second kappa shape index (κ2) is 7.85. The maximum Gasteiger partial charge on any atom is 0.416 e. The van der Waals surface area contributed by atoms with E-state index in [9.17, 15) is 26.4 Å². The zero-order chi connectivity index (χ0) is 22.2. The second-order valence-electron chi connectivity index (χ2n) is 6.86. The lowest BCUT2D eigenvalue weighted by molar-refractivity contribution is -0.137. The first-order valence-electron chi connectivity index (χ1n) is 9.29. The zero-order valence-electron chi connectivity index (χ0n) is 16.0. The number of carbonyl (C=O) groups is 1. The monoisotopic (exact) mass is 454 g/mol. The topological polar surface area (TPSA) is 97.4 Å². The first-order chi connectivity index (χ1) is 14.7. The average molecular weight is 454 g/mol.